The lowest BCUT2D eigenvalue weighted by Crippen LogP contribution is -2.53. The second-order valence-electron chi connectivity index (χ2n) is 4.10. The molecule has 0 aromatic heterocycles. The number of benzene rings is 1. The van der Waals surface area contributed by atoms with E-state index in [1.807, 2.05) is 30.3 Å². The number of likely N-dealkylation sites (N-methyl/N-ethyl adjacent to an activating group) is 1. The fraction of sp³-hybridized carbons (Fsp3) is 0.385. The highest BCUT2D eigenvalue weighted by molar-refractivity contribution is 7.80. The van der Waals surface area contributed by atoms with E-state index in [0.717, 1.165) is 5.56 Å². The zero-order valence-corrected chi connectivity index (χ0v) is 11.6. The minimum Gasteiger partial charge on any atom is -0.701 e. The van der Waals surface area contributed by atoms with Crippen LogP contribution < -0.4 is 0 Å². The maximum atomic E-state index is 11.7. The van der Waals surface area contributed by atoms with E-state index in [0.29, 0.717) is 0 Å². The summed E-state index contributed by atoms with van der Waals surface area (Å²) in [6.07, 6.45) is 1.54. The predicted octanol–water partition coefficient (Wildman–Crippen LogP) is 2.23. The Labute approximate surface area is 109 Å². The van der Waals surface area contributed by atoms with Crippen molar-refractivity contribution in [3.8, 4) is 0 Å². The van der Waals surface area contributed by atoms with Crippen LogP contribution in [0, 0.1) is 0 Å². The van der Waals surface area contributed by atoms with E-state index in [-0.39, 0.29) is 13.1 Å². The number of quaternary nitrogens is 1. The van der Waals surface area contributed by atoms with Crippen molar-refractivity contribution in [3.63, 3.8) is 0 Å². The van der Waals surface area contributed by atoms with E-state index in [2.05, 4.69) is 6.58 Å². The van der Waals surface area contributed by atoms with Gasteiger partial charge in [-0.2, -0.15) is 8.42 Å². The number of hydrogen-bond acceptors (Lipinski definition) is 3. The van der Waals surface area contributed by atoms with Crippen LogP contribution in [0.5, 0.6) is 0 Å². The first-order chi connectivity index (χ1) is 8.43. The van der Waals surface area contributed by atoms with E-state index in [9.17, 15) is 13.0 Å². The van der Waals surface area contributed by atoms with E-state index in [4.69, 9.17) is 0 Å². The van der Waals surface area contributed by atoms with Gasteiger partial charge in [-0.1, -0.05) is 36.9 Å². The molecule has 1 rings (SSSR count). The van der Waals surface area contributed by atoms with Gasteiger partial charge >= 0.3 is 0 Å². The lowest BCUT2D eigenvalue weighted by atomic mass is 10.1. The van der Waals surface area contributed by atoms with Gasteiger partial charge in [0.25, 0.3) is 10.3 Å². The largest absolute Gasteiger partial charge is 0.701 e. The Morgan fingerprint density at radius 3 is 2.11 bits per heavy atom. The normalized spacial score (nSPS) is 14.2. The van der Waals surface area contributed by atoms with Crippen molar-refractivity contribution in [3.05, 3.63) is 48.6 Å². The molecule has 0 spiro atoms. The number of rotatable bonds is 6. The van der Waals surface area contributed by atoms with Gasteiger partial charge in [0.1, 0.15) is 6.04 Å². The second-order valence-corrected chi connectivity index (χ2v) is 5.69. The van der Waals surface area contributed by atoms with E-state index < -0.39 is 20.2 Å². The summed E-state index contributed by atoms with van der Waals surface area (Å²) in [5.74, 6) is 0. The lowest BCUT2D eigenvalue weighted by Gasteiger charge is -2.42. The molecule has 0 saturated heterocycles. The van der Waals surface area contributed by atoms with Crippen molar-refractivity contribution in [1.82, 2.24) is 0 Å². The van der Waals surface area contributed by atoms with Crippen LogP contribution in [-0.2, 0) is 10.3 Å². The maximum absolute atomic E-state index is 11.7. The minimum atomic E-state index is -4.47. The summed E-state index contributed by atoms with van der Waals surface area (Å²) in [6, 6.07) is 8.59. The lowest BCUT2D eigenvalue weighted by molar-refractivity contribution is -0.832. The highest BCUT2D eigenvalue weighted by atomic mass is 32.2. The van der Waals surface area contributed by atoms with Gasteiger partial charge in [0.05, 0.1) is 13.1 Å². The standard InChI is InChI=1S/C13H19NO3S/c1-4-13(12-10-8-7-9-11-12)14(5-2,6-3)18(15,16)17/h4,7-11,13H,1,5-6H2,2-3H3. The molecule has 5 heteroatoms. The molecule has 100 valence electrons. The van der Waals surface area contributed by atoms with Crippen molar-refractivity contribution >= 4 is 10.3 Å². The number of hydrogen-bond donors (Lipinski definition) is 0. The molecule has 1 aromatic rings. The van der Waals surface area contributed by atoms with Gasteiger partial charge in [0, 0.05) is 5.56 Å². The first kappa shape index (κ1) is 14.9. The van der Waals surface area contributed by atoms with Crippen LogP contribution in [0.15, 0.2) is 43.0 Å². The van der Waals surface area contributed by atoms with Crippen LogP contribution in [0.2, 0.25) is 0 Å². The van der Waals surface area contributed by atoms with E-state index in [1.165, 1.54) is 6.08 Å². The molecule has 0 aliphatic carbocycles. The molecular weight excluding hydrogens is 250 g/mol. The van der Waals surface area contributed by atoms with E-state index >= 15 is 0 Å². The molecular formula is C13H19NO3S. The predicted molar refractivity (Wildman–Crippen MR) is 70.4 cm³/mol. The van der Waals surface area contributed by atoms with Gasteiger partial charge in [-0.05, 0) is 19.9 Å². The molecule has 0 bridgehead atoms. The minimum absolute atomic E-state index is 0.216. The topological polar surface area (TPSA) is 57.2 Å². The van der Waals surface area contributed by atoms with Crippen molar-refractivity contribution in [2.75, 3.05) is 13.1 Å². The van der Waals surface area contributed by atoms with Gasteiger partial charge in [-0.3, -0.25) is 0 Å². The molecule has 1 aromatic carbocycles. The van der Waals surface area contributed by atoms with Crippen molar-refractivity contribution in [2.45, 2.75) is 19.9 Å². The summed E-state index contributed by atoms with van der Waals surface area (Å²) in [5.41, 5.74) is 0.788. The molecule has 1 atom stereocenters. The monoisotopic (exact) mass is 269 g/mol. The van der Waals surface area contributed by atoms with Gasteiger partial charge < -0.3 is 4.55 Å². The third kappa shape index (κ3) is 2.48. The summed E-state index contributed by atoms with van der Waals surface area (Å²) < 4.78 is 34.4. The van der Waals surface area contributed by atoms with Crippen LogP contribution in [0.1, 0.15) is 25.5 Å². The third-order valence-electron chi connectivity index (χ3n) is 3.39. The molecule has 18 heavy (non-hydrogen) atoms. The highest BCUT2D eigenvalue weighted by Gasteiger charge is 2.39. The maximum Gasteiger partial charge on any atom is 0.255 e. The fourth-order valence-electron chi connectivity index (χ4n) is 2.32. The zero-order chi connectivity index (χ0) is 13.8. The first-order valence-electron chi connectivity index (χ1n) is 5.93. The summed E-state index contributed by atoms with van der Waals surface area (Å²) in [7, 11) is -4.47. The Balaban J connectivity index is 3.40. The molecule has 0 amide bonds. The fourth-order valence-corrected chi connectivity index (χ4v) is 3.44. The van der Waals surface area contributed by atoms with Crippen LogP contribution in [0.4, 0.5) is 0 Å². The van der Waals surface area contributed by atoms with Crippen molar-refractivity contribution in [2.24, 2.45) is 0 Å². The molecule has 0 saturated carbocycles. The first-order valence-corrected chi connectivity index (χ1v) is 7.29. The summed E-state index contributed by atoms with van der Waals surface area (Å²) >= 11 is 0. The van der Waals surface area contributed by atoms with Crippen molar-refractivity contribution in [1.29, 1.82) is 0 Å². The Hall–Kier alpha value is -1.17. The van der Waals surface area contributed by atoms with E-state index in [1.54, 1.807) is 13.8 Å². The summed E-state index contributed by atoms with van der Waals surface area (Å²) in [4.78, 5) is 0. The van der Waals surface area contributed by atoms with Crippen LogP contribution >= 0.6 is 0 Å². The molecule has 0 aliphatic rings. The van der Waals surface area contributed by atoms with Gasteiger partial charge in [0.15, 0.2) is 0 Å². The Morgan fingerprint density at radius 1 is 1.28 bits per heavy atom. The second kappa shape index (κ2) is 5.65. The van der Waals surface area contributed by atoms with Crippen LogP contribution in [0.25, 0.3) is 0 Å². The molecule has 1 unspecified atom stereocenters. The molecule has 0 heterocycles. The third-order valence-corrected chi connectivity index (χ3v) is 5.02. The summed E-state index contributed by atoms with van der Waals surface area (Å²) in [5, 5.41) is 0. The smallest absolute Gasteiger partial charge is 0.255 e. The SMILES string of the molecule is C=CC(c1ccccc1)[N+](CC)(CC)S(=O)(=O)[O-]. The summed E-state index contributed by atoms with van der Waals surface area (Å²) in [6.45, 7) is 7.54. The molecule has 0 fully saturated rings. The quantitative estimate of drug-likeness (QED) is 0.452. The average Bonchev–Trinajstić information content (AvgIpc) is 2.35. The average molecular weight is 269 g/mol. The zero-order valence-electron chi connectivity index (χ0n) is 10.7. The molecule has 0 radical (unpaired) electrons. The molecule has 4 nitrogen and oxygen atoms in total. The van der Waals surface area contributed by atoms with Gasteiger partial charge in [-0.25, -0.2) is 3.89 Å². The Bertz CT molecular complexity index is 492. The molecule has 0 N–H and O–H groups in total. The Kier molecular flexibility index (Phi) is 4.67. The Morgan fingerprint density at radius 2 is 1.78 bits per heavy atom. The van der Waals surface area contributed by atoms with Crippen molar-refractivity contribution < 1.29 is 16.9 Å². The van der Waals surface area contributed by atoms with Crippen LogP contribution in [0.3, 0.4) is 0 Å². The van der Waals surface area contributed by atoms with Crippen LogP contribution in [-0.4, -0.2) is 29.9 Å². The molecule has 0 aliphatic heterocycles. The van der Waals surface area contributed by atoms with Gasteiger partial charge in [-0.15, -0.1) is 0 Å². The van der Waals surface area contributed by atoms with Gasteiger partial charge in [0.2, 0.25) is 0 Å². The number of nitrogens with zero attached hydrogens (tertiary/aromatic N) is 1. The highest BCUT2D eigenvalue weighted by Crippen LogP contribution is 2.32.